The lowest BCUT2D eigenvalue weighted by atomic mass is 10.0. The summed E-state index contributed by atoms with van der Waals surface area (Å²) >= 11 is 0. The molecule has 1 N–H and O–H groups in total. The first kappa shape index (κ1) is 14.5. The van der Waals surface area contributed by atoms with Crippen molar-refractivity contribution in [1.29, 1.82) is 0 Å². The van der Waals surface area contributed by atoms with Gasteiger partial charge in [0.1, 0.15) is 0 Å². The van der Waals surface area contributed by atoms with E-state index in [2.05, 4.69) is 29.0 Å². The van der Waals surface area contributed by atoms with Crippen LogP contribution in [0.2, 0.25) is 0 Å². The number of rotatable bonds is 6. The van der Waals surface area contributed by atoms with E-state index in [9.17, 15) is 4.79 Å². The third kappa shape index (κ3) is 4.64. The van der Waals surface area contributed by atoms with Crippen LogP contribution in [0.1, 0.15) is 33.1 Å². The molecule has 4 heteroatoms. The van der Waals surface area contributed by atoms with Crippen molar-refractivity contribution in [3.8, 4) is 0 Å². The summed E-state index contributed by atoms with van der Waals surface area (Å²) in [5.74, 6) is 0.136. The quantitative estimate of drug-likeness (QED) is 0.751. The molecular formula is C13H27N3O. The molecule has 1 fully saturated rings. The summed E-state index contributed by atoms with van der Waals surface area (Å²) in [6.07, 6.45) is 3.76. The molecule has 1 aliphatic heterocycles. The molecule has 0 spiro atoms. The van der Waals surface area contributed by atoms with Gasteiger partial charge in [-0.1, -0.05) is 20.3 Å². The monoisotopic (exact) mass is 241 g/mol. The van der Waals surface area contributed by atoms with Crippen molar-refractivity contribution in [3.63, 3.8) is 0 Å². The van der Waals surface area contributed by atoms with Crippen molar-refractivity contribution < 1.29 is 4.79 Å². The number of piperidine rings is 1. The van der Waals surface area contributed by atoms with Crippen molar-refractivity contribution in [2.24, 2.45) is 0 Å². The van der Waals surface area contributed by atoms with Gasteiger partial charge in [0.15, 0.2) is 0 Å². The lowest BCUT2D eigenvalue weighted by Crippen LogP contribution is -2.49. The maximum atomic E-state index is 11.5. The highest BCUT2D eigenvalue weighted by Gasteiger charge is 2.24. The number of carbonyl (C=O) groups excluding carboxylic acids is 1. The van der Waals surface area contributed by atoms with Gasteiger partial charge in [-0.2, -0.15) is 0 Å². The smallest absolute Gasteiger partial charge is 0.233 e. The maximum Gasteiger partial charge on any atom is 0.233 e. The van der Waals surface area contributed by atoms with Gasteiger partial charge in [0.05, 0.1) is 6.54 Å². The predicted octanol–water partition coefficient (Wildman–Crippen LogP) is 0.929. The summed E-state index contributed by atoms with van der Waals surface area (Å²) in [4.78, 5) is 16.3. The van der Waals surface area contributed by atoms with Gasteiger partial charge in [-0.15, -0.1) is 0 Å². The van der Waals surface area contributed by atoms with E-state index in [4.69, 9.17) is 0 Å². The molecule has 1 atom stereocenters. The largest absolute Gasteiger partial charge is 0.358 e. The topological polar surface area (TPSA) is 35.6 Å². The van der Waals surface area contributed by atoms with Crippen LogP contribution in [0.25, 0.3) is 0 Å². The van der Waals surface area contributed by atoms with Gasteiger partial charge in [0.2, 0.25) is 5.91 Å². The number of likely N-dealkylation sites (tertiary alicyclic amines) is 1. The first-order chi connectivity index (χ1) is 8.21. The average molecular weight is 241 g/mol. The molecule has 0 saturated carbocycles. The SMILES string of the molecule is CCN(CC)CC1CCCCN1CC(=O)NC. The molecule has 0 aliphatic carbocycles. The van der Waals surface area contributed by atoms with E-state index in [1.807, 2.05) is 0 Å². The van der Waals surface area contributed by atoms with E-state index >= 15 is 0 Å². The molecule has 1 amide bonds. The highest BCUT2D eigenvalue weighted by atomic mass is 16.1. The third-order valence-corrected chi connectivity index (χ3v) is 3.74. The Kier molecular flexibility index (Phi) is 6.52. The average Bonchev–Trinajstić information content (AvgIpc) is 2.37. The Labute approximate surface area is 105 Å². The number of amides is 1. The molecule has 0 aromatic rings. The summed E-state index contributed by atoms with van der Waals surface area (Å²) in [6, 6.07) is 0.556. The van der Waals surface area contributed by atoms with Gasteiger partial charge in [0.25, 0.3) is 0 Å². The second kappa shape index (κ2) is 7.67. The summed E-state index contributed by atoms with van der Waals surface area (Å²) < 4.78 is 0. The minimum atomic E-state index is 0.136. The Morgan fingerprint density at radius 1 is 1.35 bits per heavy atom. The number of nitrogens with zero attached hydrogens (tertiary/aromatic N) is 2. The summed E-state index contributed by atoms with van der Waals surface area (Å²) in [5.41, 5.74) is 0. The lowest BCUT2D eigenvalue weighted by Gasteiger charge is -2.37. The van der Waals surface area contributed by atoms with Gasteiger partial charge in [0, 0.05) is 19.6 Å². The van der Waals surface area contributed by atoms with Crippen molar-refractivity contribution in [2.75, 3.05) is 39.8 Å². The molecule has 4 nitrogen and oxygen atoms in total. The molecule has 1 aliphatic rings. The highest BCUT2D eigenvalue weighted by Crippen LogP contribution is 2.17. The summed E-state index contributed by atoms with van der Waals surface area (Å²) in [5, 5.41) is 2.72. The molecule has 100 valence electrons. The minimum Gasteiger partial charge on any atom is -0.358 e. The van der Waals surface area contributed by atoms with Crippen LogP contribution < -0.4 is 5.32 Å². The van der Waals surface area contributed by atoms with Crippen LogP contribution in [0.4, 0.5) is 0 Å². The van der Waals surface area contributed by atoms with Crippen LogP contribution in [0.5, 0.6) is 0 Å². The van der Waals surface area contributed by atoms with Gasteiger partial charge in [-0.25, -0.2) is 0 Å². The second-order valence-corrected chi connectivity index (χ2v) is 4.78. The lowest BCUT2D eigenvalue weighted by molar-refractivity contribution is -0.122. The molecule has 0 aromatic heterocycles. The van der Waals surface area contributed by atoms with E-state index in [-0.39, 0.29) is 5.91 Å². The Hall–Kier alpha value is -0.610. The Balaban J connectivity index is 2.49. The van der Waals surface area contributed by atoms with E-state index in [1.165, 1.54) is 19.3 Å². The molecule has 1 saturated heterocycles. The van der Waals surface area contributed by atoms with Crippen LogP contribution >= 0.6 is 0 Å². The zero-order chi connectivity index (χ0) is 12.7. The predicted molar refractivity (Wildman–Crippen MR) is 71.1 cm³/mol. The standard InChI is InChI=1S/C13H27N3O/c1-4-15(5-2)10-12-8-6-7-9-16(12)11-13(17)14-3/h12H,4-11H2,1-3H3,(H,14,17). The first-order valence-corrected chi connectivity index (χ1v) is 6.88. The molecule has 1 rings (SSSR count). The van der Waals surface area contributed by atoms with Crippen LogP contribution in [0.3, 0.4) is 0 Å². The van der Waals surface area contributed by atoms with Crippen molar-refractivity contribution in [2.45, 2.75) is 39.2 Å². The third-order valence-electron chi connectivity index (χ3n) is 3.74. The first-order valence-electron chi connectivity index (χ1n) is 6.88. The molecule has 0 bridgehead atoms. The molecule has 0 aromatic carbocycles. The van der Waals surface area contributed by atoms with E-state index < -0.39 is 0 Å². The van der Waals surface area contributed by atoms with E-state index in [0.717, 1.165) is 26.2 Å². The fourth-order valence-electron chi connectivity index (χ4n) is 2.52. The Morgan fingerprint density at radius 2 is 2.06 bits per heavy atom. The van der Waals surface area contributed by atoms with Gasteiger partial charge in [-0.05, 0) is 32.5 Å². The van der Waals surface area contributed by atoms with Gasteiger partial charge >= 0.3 is 0 Å². The maximum absolute atomic E-state index is 11.5. The zero-order valence-corrected chi connectivity index (χ0v) is 11.5. The van der Waals surface area contributed by atoms with Crippen molar-refractivity contribution >= 4 is 5.91 Å². The van der Waals surface area contributed by atoms with E-state index in [0.29, 0.717) is 12.6 Å². The molecular weight excluding hydrogens is 214 g/mol. The van der Waals surface area contributed by atoms with Crippen LogP contribution in [-0.2, 0) is 4.79 Å². The fraction of sp³-hybridized carbons (Fsp3) is 0.923. The number of hydrogen-bond donors (Lipinski definition) is 1. The molecule has 1 heterocycles. The Bertz CT molecular complexity index is 229. The molecule has 1 unspecified atom stereocenters. The van der Waals surface area contributed by atoms with Crippen molar-refractivity contribution in [3.05, 3.63) is 0 Å². The number of carbonyl (C=O) groups is 1. The Morgan fingerprint density at radius 3 is 2.65 bits per heavy atom. The number of likely N-dealkylation sites (N-methyl/N-ethyl adjacent to an activating group) is 2. The highest BCUT2D eigenvalue weighted by molar-refractivity contribution is 5.77. The molecule has 0 radical (unpaired) electrons. The molecule has 17 heavy (non-hydrogen) atoms. The number of hydrogen-bond acceptors (Lipinski definition) is 3. The van der Waals surface area contributed by atoms with Gasteiger partial charge < -0.3 is 10.2 Å². The number of nitrogens with one attached hydrogen (secondary N) is 1. The van der Waals surface area contributed by atoms with Crippen LogP contribution in [0, 0.1) is 0 Å². The summed E-state index contributed by atoms with van der Waals surface area (Å²) in [7, 11) is 1.71. The second-order valence-electron chi connectivity index (χ2n) is 4.78. The van der Waals surface area contributed by atoms with Crippen LogP contribution in [0.15, 0.2) is 0 Å². The minimum absolute atomic E-state index is 0.136. The zero-order valence-electron chi connectivity index (χ0n) is 11.5. The van der Waals surface area contributed by atoms with E-state index in [1.54, 1.807) is 7.05 Å². The normalized spacial score (nSPS) is 21.8. The summed E-state index contributed by atoms with van der Waals surface area (Å²) in [6.45, 7) is 9.33. The fourth-order valence-corrected chi connectivity index (χ4v) is 2.52. The van der Waals surface area contributed by atoms with Gasteiger partial charge in [-0.3, -0.25) is 9.69 Å². The van der Waals surface area contributed by atoms with Crippen LogP contribution in [-0.4, -0.2) is 61.5 Å². The van der Waals surface area contributed by atoms with Crippen molar-refractivity contribution in [1.82, 2.24) is 15.1 Å².